The summed E-state index contributed by atoms with van der Waals surface area (Å²) in [5.74, 6) is -0.387. The van der Waals surface area contributed by atoms with Gasteiger partial charge < -0.3 is 15.2 Å². The highest BCUT2D eigenvalue weighted by atomic mass is 35.5. The normalized spacial score (nSPS) is 16.3. The Morgan fingerprint density at radius 1 is 1.20 bits per heavy atom. The Labute approximate surface area is 150 Å². The van der Waals surface area contributed by atoms with Crippen LogP contribution in [0.3, 0.4) is 0 Å². The first-order valence-corrected chi connectivity index (χ1v) is 8.44. The number of carboxylic acids is 1. The first-order chi connectivity index (χ1) is 12.0. The zero-order chi connectivity index (χ0) is 17.8. The number of rotatable bonds is 4. The minimum atomic E-state index is -0.982. The largest absolute Gasteiger partial charge is 0.493 e. The minimum Gasteiger partial charge on any atom is -0.493 e. The number of hydrogen-bond acceptors (Lipinski definition) is 3. The van der Waals surface area contributed by atoms with Gasteiger partial charge in [0.05, 0.1) is 24.6 Å². The van der Waals surface area contributed by atoms with Gasteiger partial charge in [0, 0.05) is 10.6 Å². The molecule has 1 amide bonds. The lowest BCUT2D eigenvalue weighted by Gasteiger charge is -2.18. The molecule has 2 N–H and O–H groups in total. The Bertz CT molecular complexity index is 789. The van der Waals surface area contributed by atoms with Gasteiger partial charge in [0.15, 0.2) is 0 Å². The number of amides is 1. The molecule has 2 aromatic rings. The zero-order valence-electron chi connectivity index (χ0n) is 13.5. The molecule has 0 aromatic heterocycles. The molecule has 0 spiro atoms. The monoisotopic (exact) mass is 359 g/mol. The van der Waals surface area contributed by atoms with Crippen molar-refractivity contribution in [2.24, 2.45) is 0 Å². The fourth-order valence-electron chi connectivity index (χ4n) is 2.89. The van der Waals surface area contributed by atoms with Crippen molar-refractivity contribution >= 4 is 23.5 Å². The van der Waals surface area contributed by atoms with Crippen molar-refractivity contribution in [3.8, 4) is 5.75 Å². The van der Waals surface area contributed by atoms with Crippen LogP contribution in [-0.2, 0) is 11.2 Å². The molecule has 130 valence electrons. The molecular formula is C19H18ClNO4. The van der Waals surface area contributed by atoms with Gasteiger partial charge in [0.25, 0.3) is 0 Å². The number of ether oxygens (including phenoxy) is 1. The van der Waals surface area contributed by atoms with E-state index in [4.69, 9.17) is 21.4 Å². The highest BCUT2D eigenvalue weighted by molar-refractivity contribution is 6.30. The zero-order valence-corrected chi connectivity index (χ0v) is 14.3. The molecule has 1 atom stereocenters. The van der Waals surface area contributed by atoms with Crippen LogP contribution in [0.4, 0.5) is 0 Å². The van der Waals surface area contributed by atoms with Crippen LogP contribution in [0.2, 0.25) is 5.02 Å². The Morgan fingerprint density at radius 2 is 1.96 bits per heavy atom. The Morgan fingerprint density at radius 3 is 2.68 bits per heavy atom. The highest BCUT2D eigenvalue weighted by Crippen LogP contribution is 2.33. The molecule has 0 saturated carbocycles. The van der Waals surface area contributed by atoms with E-state index in [2.05, 4.69) is 5.32 Å². The Balaban J connectivity index is 1.69. The lowest BCUT2D eigenvalue weighted by Crippen LogP contribution is -2.29. The molecule has 0 aliphatic carbocycles. The third-order valence-corrected chi connectivity index (χ3v) is 4.38. The van der Waals surface area contributed by atoms with Crippen molar-refractivity contribution in [1.29, 1.82) is 0 Å². The van der Waals surface area contributed by atoms with Gasteiger partial charge in [0.2, 0.25) is 5.91 Å². The third-order valence-electron chi connectivity index (χ3n) is 4.15. The number of aromatic carboxylic acids is 1. The molecule has 1 heterocycles. The smallest absolute Gasteiger partial charge is 0.335 e. The van der Waals surface area contributed by atoms with Gasteiger partial charge in [-0.3, -0.25) is 4.79 Å². The van der Waals surface area contributed by atoms with Gasteiger partial charge in [0.1, 0.15) is 5.75 Å². The molecular weight excluding hydrogens is 342 g/mol. The summed E-state index contributed by atoms with van der Waals surface area (Å²) in [6, 6.07) is 11.6. The van der Waals surface area contributed by atoms with Crippen LogP contribution in [0.15, 0.2) is 42.5 Å². The van der Waals surface area contributed by atoms with E-state index in [1.165, 1.54) is 12.1 Å². The molecule has 0 saturated heterocycles. The van der Waals surface area contributed by atoms with E-state index in [1.54, 1.807) is 24.3 Å². The summed E-state index contributed by atoms with van der Waals surface area (Å²) in [5.41, 5.74) is 1.90. The van der Waals surface area contributed by atoms with E-state index in [9.17, 15) is 9.59 Å². The maximum Gasteiger partial charge on any atom is 0.335 e. The average molecular weight is 360 g/mol. The number of carbonyl (C=O) groups excluding carboxylic acids is 1. The van der Waals surface area contributed by atoms with Gasteiger partial charge >= 0.3 is 5.97 Å². The molecule has 0 fully saturated rings. The number of hydrogen-bond donors (Lipinski definition) is 2. The molecule has 3 rings (SSSR count). The lowest BCUT2D eigenvalue weighted by atomic mass is 10.0. The summed E-state index contributed by atoms with van der Waals surface area (Å²) in [6.45, 7) is 0.594. The minimum absolute atomic E-state index is 0.115. The lowest BCUT2D eigenvalue weighted by molar-refractivity contribution is -0.121. The number of nitrogens with one attached hydrogen (secondary N) is 1. The summed E-state index contributed by atoms with van der Waals surface area (Å²) in [5, 5.41) is 12.6. The standard InChI is InChI=1S/C19H18ClNO4/c20-14-7-8-15-16(2-1-9-25-17(15)11-14)21-18(22)10-12-3-5-13(6-4-12)19(23)24/h3-8,11,16H,1-2,9-10H2,(H,21,22)(H,23,24). The summed E-state index contributed by atoms with van der Waals surface area (Å²) < 4.78 is 5.70. The van der Waals surface area contributed by atoms with Crippen LogP contribution in [0.5, 0.6) is 5.75 Å². The first-order valence-electron chi connectivity index (χ1n) is 8.07. The fourth-order valence-corrected chi connectivity index (χ4v) is 3.05. The van der Waals surface area contributed by atoms with Crippen molar-refractivity contribution in [1.82, 2.24) is 5.32 Å². The maximum absolute atomic E-state index is 12.4. The van der Waals surface area contributed by atoms with Crippen LogP contribution < -0.4 is 10.1 Å². The molecule has 2 aromatic carbocycles. The van der Waals surface area contributed by atoms with E-state index in [0.29, 0.717) is 17.4 Å². The quantitative estimate of drug-likeness (QED) is 0.874. The molecule has 5 nitrogen and oxygen atoms in total. The van der Waals surface area contributed by atoms with Gasteiger partial charge in [-0.1, -0.05) is 29.8 Å². The number of fused-ring (bicyclic) bond motifs is 1. The van der Waals surface area contributed by atoms with Gasteiger partial charge in [-0.2, -0.15) is 0 Å². The number of benzene rings is 2. The first kappa shape index (κ1) is 17.3. The summed E-state index contributed by atoms with van der Waals surface area (Å²) in [4.78, 5) is 23.3. The summed E-state index contributed by atoms with van der Waals surface area (Å²) in [6.07, 6.45) is 1.82. The second kappa shape index (κ2) is 7.57. The molecule has 0 radical (unpaired) electrons. The molecule has 1 aliphatic heterocycles. The van der Waals surface area contributed by atoms with Gasteiger partial charge in [-0.25, -0.2) is 4.79 Å². The molecule has 0 bridgehead atoms. The van der Waals surface area contributed by atoms with Gasteiger partial charge in [-0.15, -0.1) is 0 Å². The van der Waals surface area contributed by atoms with E-state index in [1.807, 2.05) is 6.07 Å². The maximum atomic E-state index is 12.4. The highest BCUT2D eigenvalue weighted by Gasteiger charge is 2.21. The topological polar surface area (TPSA) is 75.6 Å². The second-order valence-corrected chi connectivity index (χ2v) is 6.41. The van der Waals surface area contributed by atoms with E-state index in [0.717, 1.165) is 24.0 Å². The Hall–Kier alpha value is -2.53. The second-order valence-electron chi connectivity index (χ2n) is 5.97. The predicted octanol–water partition coefficient (Wildman–Crippen LogP) is 3.61. The number of carboxylic acid groups (broad SMARTS) is 1. The SMILES string of the molecule is O=C(Cc1ccc(C(=O)O)cc1)NC1CCCOc2cc(Cl)ccc21. The van der Waals surface area contributed by atoms with Crippen molar-refractivity contribution in [2.45, 2.75) is 25.3 Å². The van der Waals surface area contributed by atoms with Crippen LogP contribution in [0, 0.1) is 0 Å². The van der Waals surface area contributed by atoms with E-state index in [-0.39, 0.29) is 23.9 Å². The van der Waals surface area contributed by atoms with Crippen LogP contribution >= 0.6 is 11.6 Å². The average Bonchev–Trinajstić information content (AvgIpc) is 2.77. The van der Waals surface area contributed by atoms with E-state index < -0.39 is 5.97 Å². The van der Waals surface area contributed by atoms with Crippen LogP contribution in [-0.4, -0.2) is 23.6 Å². The molecule has 1 unspecified atom stereocenters. The third kappa shape index (κ3) is 4.31. The summed E-state index contributed by atoms with van der Waals surface area (Å²) in [7, 11) is 0. The number of carbonyl (C=O) groups is 2. The van der Waals surface area contributed by atoms with Crippen molar-refractivity contribution in [3.05, 3.63) is 64.2 Å². The Kier molecular flexibility index (Phi) is 5.24. The van der Waals surface area contributed by atoms with Crippen molar-refractivity contribution in [3.63, 3.8) is 0 Å². The molecule has 6 heteroatoms. The molecule has 1 aliphatic rings. The van der Waals surface area contributed by atoms with Crippen LogP contribution in [0.1, 0.15) is 40.4 Å². The van der Waals surface area contributed by atoms with E-state index >= 15 is 0 Å². The van der Waals surface area contributed by atoms with Crippen molar-refractivity contribution < 1.29 is 19.4 Å². The van der Waals surface area contributed by atoms with Crippen LogP contribution in [0.25, 0.3) is 0 Å². The van der Waals surface area contributed by atoms with Gasteiger partial charge in [-0.05, 0) is 42.7 Å². The fraction of sp³-hybridized carbons (Fsp3) is 0.263. The van der Waals surface area contributed by atoms with Crippen molar-refractivity contribution in [2.75, 3.05) is 6.61 Å². The summed E-state index contributed by atoms with van der Waals surface area (Å²) >= 11 is 6.02. The molecule has 25 heavy (non-hydrogen) atoms. The number of halogens is 1. The predicted molar refractivity (Wildman–Crippen MR) is 94.2 cm³/mol.